The predicted octanol–water partition coefficient (Wildman–Crippen LogP) is -3.19. The lowest BCUT2D eigenvalue weighted by Crippen LogP contribution is -2.60. The van der Waals surface area contributed by atoms with Crippen molar-refractivity contribution in [3.63, 3.8) is 0 Å². The van der Waals surface area contributed by atoms with Crippen molar-refractivity contribution in [3.05, 3.63) is 17.5 Å². The molecule has 1 aliphatic heterocycles. The first-order valence-corrected chi connectivity index (χ1v) is 8.42. The third kappa shape index (κ3) is 4.67. The average molecular weight is 404 g/mol. The molecule has 0 radical (unpaired) electrons. The smallest absolute Gasteiger partial charge is 0.323 e. The van der Waals surface area contributed by atoms with Crippen LogP contribution in [-0.2, 0) is 16.1 Å². The van der Waals surface area contributed by atoms with Crippen LogP contribution >= 0.6 is 0 Å². The molecule has 1 aliphatic rings. The molecule has 0 unspecified atom stereocenters. The van der Waals surface area contributed by atoms with Gasteiger partial charge in [0, 0.05) is 6.54 Å². The molecule has 158 valence electrons. The van der Waals surface area contributed by atoms with Gasteiger partial charge < -0.3 is 45.2 Å². The van der Waals surface area contributed by atoms with E-state index in [1.165, 1.54) is 13.1 Å². The highest BCUT2D eigenvalue weighted by Gasteiger charge is 2.45. The maximum Gasteiger partial charge on any atom is 0.323 e. The van der Waals surface area contributed by atoms with Gasteiger partial charge in [-0.3, -0.25) is 15.1 Å². The maximum atomic E-state index is 11.0. The van der Waals surface area contributed by atoms with Gasteiger partial charge in [-0.25, -0.2) is 0 Å². The molecule has 2 heterocycles. The van der Waals surface area contributed by atoms with Crippen molar-refractivity contribution in [2.24, 2.45) is 0 Å². The fraction of sp³-hybridized carbons (Fsp3) is 0.625. The molecule has 12 heteroatoms. The van der Waals surface area contributed by atoms with Gasteiger partial charge in [0.05, 0.1) is 30.7 Å². The third-order valence-electron chi connectivity index (χ3n) is 4.40. The van der Waals surface area contributed by atoms with Crippen molar-refractivity contribution in [1.82, 2.24) is 10.3 Å². The fourth-order valence-electron chi connectivity index (χ4n) is 2.65. The number of aliphatic carboxylic acids is 1. The molecule has 6 atom stereocenters. The van der Waals surface area contributed by atoms with Crippen LogP contribution in [0, 0.1) is 6.92 Å². The molecule has 1 fully saturated rings. The second-order valence-electron chi connectivity index (χ2n) is 6.30. The Kier molecular flexibility index (Phi) is 7.48. The number of carboxylic acid groups (broad SMARTS) is 1. The molecule has 28 heavy (non-hydrogen) atoms. The van der Waals surface area contributed by atoms with Crippen LogP contribution in [0.15, 0.2) is 6.20 Å². The summed E-state index contributed by atoms with van der Waals surface area (Å²) in [5.74, 6) is -1.71. The highest BCUT2D eigenvalue weighted by atomic mass is 16.7. The Morgan fingerprint density at radius 2 is 1.96 bits per heavy atom. The number of carboxylic acids is 1. The molecule has 1 saturated heterocycles. The van der Waals surface area contributed by atoms with Gasteiger partial charge in [-0.1, -0.05) is 0 Å². The van der Waals surface area contributed by atoms with E-state index in [-0.39, 0.29) is 29.3 Å². The molecular formula is C16H24N2O10. The van der Waals surface area contributed by atoms with E-state index in [0.29, 0.717) is 0 Å². The number of aromatic hydroxyl groups is 1. The lowest BCUT2D eigenvalue weighted by Gasteiger charge is -2.39. The normalized spacial score (nSPS) is 28.7. The van der Waals surface area contributed by atoms with E-state index >= 15 is 0 Å². The molecule has 0 spiro atoms. The minimum atomic E-state index is -1.67. The number of aryl methyl sites for hydroxylation is 1. The fourth-order valence-corrected chi connectivity index (χ4v) is 2.65. The number of hydrogen-bond acceptors (Lipinski definition) is 11. The number of hydrogen-bond donors (Lipinski definition) is 8. The first kappa shape index (κ1) is 22.2. The van der Waals surface area contributed by atoms with Gasteiger partial charge in [0.2, 0.25) is 6.29 Å². The largest absolute Gasteiger partial charge is 0.506 e. The van der Waals surface area contributed by atoms with Gasteiger partial charge in [-0.15, -0.1) is 0 Å². The summed E-state index contributed by atoms with van der Waals surface area (Å²) >= 11 is 0. The van der Waals surface area contributed by atoms with E-state index in [1.807, 2.05) is 0 Å². The Morgan fingerprint density at radius 1 is 1.29 bits per heavy atom. The number of nitrogens with zero attached hydrogens (tertiary/aromatic N) is 1. The van der Waals surface area contributed by atoms with Crippen molar-refractivity contribution < 1.29 is 50.0 Å². The van der Waals surface area contributed by atoms with Crippen LogP contribution in [-0.4, -0.2) is 96.7 Å². The number of pyridine rings is 1. The van der Waals surface area contributed by atoms with Crippen LogP contribution in [0.3, 0.4) is 0 Å². The lowest BCUT2D eigenvalue weighted by atomic mass is 9.99. The molecule has 0 amide bonds. The number of ether oxygens (including phenoxy) is 2. The van der Waals surface area contributed by atoms with Gasteiger partial charge in [0.15, 0.2) is 0 Å². The zero-order valence-electron chi connectivity index (χ0n) is 15.0. The summed E-state index contributed by atoms with van der Waals surface area (Å²) in [4.78, 5) is 14.9. The topological polar surface area (TPSA) is 202 Å². The van der Waals surface area contributed by atoms with Gasteiger partial charge in [-0.05, 0) is 6.92 Å². The summed E-state index contributed by atoms with van der Waals surface area (Å²) in [7, 11) is 0. The van der Waals surface area contributed by atoms with Crippen molar-refractivity contribution >= 4 is 5.97 Å². The van der Waals surface area contributed by atoms with E-state index < -0.39 is 55.9 Å². The first-order valence-electron chi connectivity index (χ1n) is 8.42. The van der Waals surface area contributed by atoms with Crippen LogP contribution in [0.25, 0.3) is 0 Å². The number of nitrogens with one attached hydrogen (secondary N) is 1. The van der Waals surface area contributed by atoms with E-state index in [4.69, 9.17) is 19.7 Å². The summed E-state index contributed by atoms with van der Waals surface area (Å²) < 4.78 is 10.7. The van der Waals surface area contributed by atoms with Gasteiger partial charge >= 0.3 is 5.97 Å². The maximum absolute atomic E-state index is 11.0. The molecule has 2 rings (SSSR count). The number of carbonyl (C=O) groups is 1. The molecule has 0 aliphatic carbocycles. The number of aliphatic hydroxyl groups is 5. The van der Waals surface area contributed by atoms with Crippen molar-refractivity contribution in [2.45, 2.75) is 50.2 Å². The molecule has 1 aromatic heterocycles. The first-order chi connectivity index (χ1) is 13.2. The second kappa shape index (κ2) is 9.43. The summed E-state index contributed by atoms with van der Waals surface area (Å²) in [6, 6.07) is -1.30. The number of aromatic nitrogens is 1. The van der Waals surface area contributed by atoms with Gasteiger partial charge in [-0.2, -0.15) is 0 Å². The van der Waals surface area contributed by atoms with E-state index in [1.54, 1.807) is 0 Å². The average Bonchev–Trinajstić information content (AvgIpc) is 2.67. The third-order valence-corrected chi connectivity index (χ3v) is 4.40. The van der Waals surface area contributed by atoms with Crippen LogP contribution in [0.4, 0.5) is 0 Å². The summed E-state index contributed by atoms with van der Waals surface area (Å²) in [5.41, 5.74) is 0.290. The number of aliphatic hydroxyl groups excluding tert-OH is 5. The highest BCUT2D eigenvalue weighted by Crippen LogP contribution is 2.32. The molecular weight excluding hydrogens is 380 g/mol. The Morgan fingerprint density at radius 3 is 2.54 bits per heavy atom. The van der Waals surface area contributed by atoms with Crippen molar-refractivity contribution in [3.8, 4) is 11.5 Å². The lowest BCUT2D eigenvalue weighted by molar-refractivity contribution is -0.277. The van der Waals surface area contributed by atoms with Crippen molar-refractivity contribution in [2.75, 3.05) is 13.2 Å². The zero-order chi connectivity index (χ0) is 21.0. The van der Waals surface area contributed by atoms with Crippen LogP contribution in [0.2, 0.25) is 0 Å². The molecule has 0 bridgehead atoms. The zero-order valence-corrected chi connectivity index (χ0v) is 15.0. The SMILES string of the molecule is Cc1ncc(O[C@H]2O[C@H](CO)[C@@H](O)[C@H](O)[C@H]2O)c(CN[C@@H](CO)C(=O)O)c1O. The van der Waals surface area contributed by atoms with Crippen LogP contribution in [0.5, 0.6) is 11.5 Å². The quantitative estimate of drug-likeness (QED) is 0.216. The highest BCUT2D eigenvalue weighted by molar-refractivity contribution is 5.73. The summed E-state index contributed by atoms with van der Waals surface area (Å²) in [5, 5.41) is 69.8. The molecule has 0 saturated carbocycles. The van der Waals surface area contributed by atoms with E-state index in [2.05, 4.69) is 10.3 Å². The predicted molar refractivity (Wildman–Crippen MR) is 90.4 cm³/mol. The summed E-state index contributed by atoms with van der Waals surface area (Å²) in [6.45, 7) is -0.0762. The molecule has 8 N–H and O–H groups in total. The summed E-state index contributed by atoms with van der Waals surface area (Å²) in [6.07, 6.45) is -6.40. The Hall–Kier alpha value is -2.06. The standard InChI is InChI=1S/C16H24N2O10/c1-6-11(21)7(2-18-8(4-19)15(25)26)9(3-17-6)27-16-14(24)13(23)12(22)10(5-20)28-16/h3,8,10,12-14,16,18-24H,2,4-5H2,1H3,(H,25,26)/t8-,10+,12+,13-,14+,16-/m0/s1. The van der Waals surface area contributed by atoms with Crippen molar-refractivity contribution in [1.29, 1.82) is 0 Å². The van der Waals surface area contributed by atoms with E-state index in [9.17, 15) is 30.3 Å². The molecule has 1 aromatic rings. The van der Waals surface area contributed by atoms with Gasteiger partial charge in [0.25, 0.3) is 0 Å². The Bertz CT molecular complexity index is 686. The second-order valence-corrected chi connectivity index (χ2v) is 6.30. The van der Waals surface area contributed by atoms with E-state index in [0.717, 1.165) is 0 Å². The monoisotopic (exact) mass is 404 g/mol. The van der Waals surface area contributed by atoms with Gasteiger partial charge in [0.1, 0.15) is 42.0 Å². The Labute approximate surface area is 159 Å². The number of rotatable bonds is 8. The Balaban J connectivity index is 2.25. The molecule has 12 nitrogen and oxygen atoms in total. The minimum Gasteiger partial charge on any atom is -0.506 e. The van der Waals surface area contributed by atoms with Crippen LogP contribution in [0.1, 0.15) is 11.3 Å². The molecule has 0 aromatic carbocycles. The van der Waals surface area contributed by atoms with Crippen LogP contribution < -0.4 is 10.1 Å². The minimum absolute atomic E-state index is 0.0733.